The number of rotatable bonds is 5. The topological polar surface area (TPSA) is 79.3 Å². The van der Waals surface area contributed by atoms with E-state index in [1.165, 1.54) is 0 Å². The van der Waals surface area contributed by atoms with Crippen molar-refractivity contribution in [3.63, 3.8) is 0 Å². The molecule has 2 aliphatic heterocycles. The molecule has 7 nitrogen and oxygen atoms in total. The zero-order valence-corrected chi connectivity index (χ0v) is 16.5. The van der Waals surface area contributed by atoms with E-state index >= 15 is 0 Å². The lowest BCUT2D eigenvalue weighted by Gasteiger charge is -2.28. The highest BCUT2D eigenvalue weighted by atomic mass is 32.2. The van der Waals surface area contributed by atoms with Gasteiger partial charge in [-0.2, -0.15) is 0 Å². The van der Waals surface area contributed by atoms with Crippen LogP contribution >= 0.6 is 0 Å². The number of amidine groups is 1. The van der Waals surface area contributed by atoms with Crippen LogP contribution in [0.5, 0.6) is 5.75 Å². The molecule has 2 heterocycles. The van der Waals surface area contributed by atoms with E-state index in [-0.39, 0.29) is 11.7 Å². The summed E-state index contributed by atoms with van der Waals surface area (Å²) in [6.07, 6.45) is 4.81. The van der Waals surface area contributed by atoms with Crippen molar-refractivity contribution in [1.29, 1.82) is 0 Å². The van der Waals surface area contributed by atoms with E-state index in [1.807, 2.05) is 26.0 Å². The monoisotopic (exact) mass is 389 g/mol. The molecule has 0 spiro atoms. The average molecular weight is 389 g/mol. The summed E-state index contributed by atoms with van der Waals surface area (Å²) in [5, 5.41) is 0. The summed E-state index contributed by atoms with van der Waals surface area (Å²) in [4.78, 5) is 15.9. The zero-order chi connectivity index (χ0) is 19.6. The lowest BCUT2D eigenvalue weighted by atomic mass is 10.1. The number of nitrogens with zero attached hydrogens (tertiary/aromatic N) is 3. The zero-order valence-electron chi connectivity index (χ0n) is 15.7. The molecule has 0 saturated heterocycles. The first-order valence-corrected chi connectivity index (χ1v) is 10.3. The molecular weight excluding hydrogens is 366 g/mol. The molecule has 1 amide bonds. The van der Waals surface area contributed by atoms with Gasteiger partial charge in [0.2, 0.25) is 0 Å². The van der Waals surface area contributed by atoms with Gasteiger partial charge in [0.1, 0.15) is 18.2 Å². The number of likely N-dealkylation sites (N-methyl/N-ethyl adjacent to an activating group) is 1. The average Bonchev–Trinajstić information content (AvgIpc) is 2.59. The van der Waals surface area contributed by atoms with Crippen LogP contribution in [0.2, 0.25) is 0 Å². The van der Waals surface area contributed by atoms with E-state index in [4.69, 9.17) is 4.74 Å². The van der Waals surface area contributed by atoms with E-state index in [0.29, 0.717) is 31.1 Å². The highest BCUT2D eigenvalue weighted by Gasteiger charge is 2.25. The van der Waals surface area contributed by atoms with Gasteiger partial charge in [0.15, 0.2) is 0 Å². The van der Waals surface area contributed by atoms with E-state index in [2.05, 4.69) is 10.5 Å². The Kier molecular flexibility index (Phi) is 5.36. The molecule has 0 bridgehead atoms. The van der Waals surface area contributed by atoms with Gasteiger partial charge in [0.25, 0.3) is 15.9 Å². The summed E-state index contributed by atoms with van der Waals surface area (Å²) >= 11 is 0. The second kappa shape index (κ2) is 7.56. The third kappa shape index (κ3) is 4.77. The predicted octanol–water partition coefficient (Wildman–Crippen LogP) is 1.64. The van der Waals surface area contributed by atoms with Gasteiger partial charge in [-0.05, 0) is 49.3 Å². The fraction of sp³-hybridized carbons (Fsp3) is 0.368. The van der Waals surface area contributed by atoms with Crippen molar-refractivity contribution >= 4 is 21.8 Å². The van der Waals surface area contributed by atoms with Crippen LogP contribution in [0.1, 0.15) is 11.1 Å². The number of carbonyl (C=O) groups is 1. The molecule has 0 saturated carbocycles. The first kappa shape index (κ1) is 19.2. The number of ether oxygens (including phenoxy) is 1. The molecule has 0 atom stereocenters. The molecule has 27 heavy (non-hydrogen) atoms. The lowest BCUT2D eigenvalue weighted by molar-refractivity contribution is -0.125. The van der Waals surface area contributed by atoms with E-state index in [0.717, 1.165) is 16.9 Å². The Labute approximate surface area is 159 Å². The minimum Gasteiger partial charge on any atom is -0.492 e. The van der Waals surface area contributed by atoms with Crippen LogP contribution in [0.3, 0.4) is 0 Å². The summed E-state index contributed by atoms with van der Waals surface area (Å²) in [5.41, 5.74) is 2.75. The van der Waals surface area contributed by atoms with Crippen molar-refractivity contribution < 1.29 is 17.9 Å². The third-order valence-corrected chi connectivity index (χ3v) is 5.47. The Morgan fingerprint density at radius 1 is 1.22 bits per heavy atom. The van der Waals surface area contributed by atoms with Gasteiger partial charge in [0, 0.05) is 19.8 Å². The first-order valence-electron chi connectivity index (χ1n) is 8.69. The van der Waals surface area contributed by atoms with E-state index < -0.39 is 10.0 Å². The third-order valence-electron chi connectivity index (χ3n) is 4.31. The number of fused-ring (bicyclic) bond motifs is 1. The Morgan fingerprint density at radius 3 is 2.63 bits per heavy atom. The number of amides is 1. The van der Waals surface area contributed by atoms with Crippen molar-refractivity contribution in [2.75, 3.05) is 32.5 Å². The minimum atomic E-state index is -3.40. The highest BCUT2D eigenvalue weighted by molar-refractivity contribution is 7.90. The summed E-state index contributed by atoms with van der Waals surface area (Å²) in [7, 11) is -1.68. The summed E-state index contributed by atoms with van der Waals surface area (Å²) in [5.74, 6) is 0.934. The number of hydrogen-bond acceptors (Lipinski definition) is 5. The molecule has 0 aromatic heterocycles. The quantitative estimate of drug-likeness (QED) is 0.765. The van der Waals surface area contributed by atoms with Crippen molar-refractivity contribution in [1.82, 2.24) is 9.80 Å². The molecule has 1 aromatic carbocycles. The molecule has 8 heteroatoms. The maximum absolute atomic E-state index is 12.6. The number of aryl methyl sites for hydroxylation is 2. The number of hydrogen-bond donors (Lipinski definition) is 0. The molecule has 0 unspecified atom stereocenters. The standard InChI is InChI=1S/C19H23N3O4S/c1-14-10-15(2)12-17(11-14)26-8-6-21(3)19(23)16-4-5-18-20-27(24,25)9-7-22(18)13-16/h4-5,10-13H,6-9H2,1-3H3. The van der Waals surface area contributed by atoms with Gasteiger partial charge in [-0.3, -0.25) is 4.79 Å². The summed E-state index contributed by atoms with van der Waals surface area (Å²) in [6, 6.07) is 6.01. The Hall–Kier alpha value is -2.61. The minimum absolute atomic E-state index is 0.0537. The van der Waals surface area contributed by atoms with E-state index in [1.54, 1.807) is 35.2 Å². The van der Waals surface area contributed by atoms with Gasteiger partial charge >= 0.3 is 0 Å². The van der Waals surface area contributed by atoms with Gasteiger partial charge < -0.3 is 14.5 Å². The molecule has 1 aromatic rings. The van der Waals surface area contributed by atoms with E-state index in [9.17, 15) is 13.2 Å². The molecule has 0 aliphatic carbocycles. The number of sulfonamides is 1. The van der Waals surface area contributed by atoms with Gasteiger partial charge in [0.05, 0.1) is 17.9 Å². The second-order valence-corrected chi connectivity index (χ2v) is 8.50. The second-order valence-electron chi connectivity index (χ2n) is 6.75. The van der Waals surface area contributed by atoms with Crippen LogP contribution in [0.15, 0.2) is 46.5 Å². The molecule has 0 N–H and O–H groups in total. The van der Waals surface area contributed by atoms with Crippen molar-refractivity contribution in [2.24, 2.45) is 4.40 Å². The Balaban J connectivity index is 1.58. The van der Waals surface area contributed by atoms with Crippen molar-refractivity contribution in [3.8, 4) is 5.75 Å². The summed E-state index contributed by atoms with van der Waals surface area (Å²) < 4.78 is 32.6. The van der Waals surface area contributed by atoms with Crippen molar-refractivity contribution in [2.45, 2.75) is 13.8 Å². The molecule has 2 aliphatic rings. The number of benzene rings is 1. The van der Waals surface area contributed by atoms with Crippen LogP contribution in [0.4, 0.5) is 0 Å². The molecule has 3 rings (SSSR count). The molecule has 0 radical (unpaired) electrons. The molecule has 0 fully saturated rings. The maximum Gasteiger partial charge on any atom is 0.256 e. The normalized spacial score (nSPS) is 17.7. The van der Waals surface area contributed by atoms with Crippen LogP contribution in [-0.2, 0) is 14.8 Å². The predicted molar refractivity (Wildman–Crippen MR) is 104 cm³/mol. The Bertz CT molecular complexity index is 927. The van der Waals surface area contributed by atoms with Gasteiger partial charge in [-0.25, -0.2) is 8.42 Å². The lowest BCUT2D eigenvalue weighted by Crippen LogP contribution is -2.39. The van der Waals surface area contributed by atoms with Crippen LogP contribution in [0.25, 0.3) is 0 Å². The Morgan fingerprint density at radius 2 is 1.93 bits per heavy atom. The van der Waals surface area contributed by atoms with Crippen LogP contribution in [0, 0.1) is 13.8 Å². The SMILES string of the molecule is Cc1cc(C)cc(OCCN(C)C(=O)C2=CN3CCS(=O)(=O)N=C3C=C2)c1. The van der Waals surface area contributed by atoms with Crippen molar-refractivity contribution in [3.05, 3.63) is 53.3 Å². The molecule has 144 valence electrons. The fourth-order valence-electron chi connectivity index (χ4n) is 2.97. The first-order chi connectivity index (χ1) is 12.7. The molecular formula is C19H23N3O4S. The van der Waals surface area contributed by atoms with Gasteiger partial charge in [-0.1, -0.05) is 6.07 Å². The van der Waals surface area contributed by atoms with Gasteiger partial charge in [-0.15, -0.1) is 4.40 Å². The fourth-order valence-corrected chi connectivity index (χ4v) is 3.94. The maximum atomic E-state index is 12.6. The van der Waals surface area contributed by atoms with Crippen LogP contribution in [-0.4, -0.2) is 62.5 Å². The number of carbonyl (C=O) groups excluding carboxylic acids is 1. The van der Waals surface area contributed by atoms with Crippen LogP contribution < -0.4 is 4.74 Å². The smallest absolute Gasteiger partial charge is 0.256 e. The highest BCUT2D eigenvalue weighted by Crippen LogP contribution is 2.18. The summed E-state index contributed by atoms with van der Waals surface area (Å²) in [6.45, 7) is 5.15. The largest absolute Gasteiger partial charge is 0.492 e.